The third-order valence-corrected chi connectivity index (χ3v) is 7.60. The number of hydrogen-bond acceptors (Lipinski definition) is 11. The Labute approximate surface area is 291 Å². The summed E-state index contributed by atoms with van der Waals surface area (Å²) in [6.07, 6.45) is 12.8. The molecule has 226 valence electrons. The van der Waals surface area contributed by atoms with Gasteiger partial charge in [0.25, 0.3) is 7.82 Å². The Hall–Kier alpha value is 0.01000. The number of unbranched alkanes of at least 4 members (excludes halogenated alkanes) is 12. The number of aliphatic hydroxyl groups is 2. The van der Waals surface area contributed by atoms with Crippen LogP contribution in [0.4, 0.5) is 5.82 Å². The molecule has 0 bridgehead atoms. The van der Waals surface area contributed by atoms with E-state index in [4.69, 9.17) is 9.63 Å². The van der Waals surface area contributed by atoms with Crippen molar-refractivity contribution in [3.8, 4) is 0 Å². The Morgan fingerprint density at radius 1 is 1.02 bits per heavy atom. The molecule has 1 aliphatic heterocycles. The van der Waals surface area contributed by atoms with Crippen molar-refractivity contribution in [1.82, 2.24) is 19.5 Å². The first kappa shape index (κ1) is 40.0. The van der Waals surface area contributed by atoms with Gasteiger partial charge in [-0.25, -0.2) is 19.9 Å². The second-order valence-corrected chi connectivity index (χ2v) is 11.4. The van der Waals surface area contributed by atoms with Gasteiger partial charge in [-0.15, -0.1) is 0 Å². The average molecular weight is 630 g/mol. The number of rotatable bonds is 19. The van der Waals surface area contributed by atoms with E-state index in [-0.39, 0.29) is 88.4 Å². The van der Waals surface area contributed by atoms with Gasteiger partial charge in [0.05, 0.1) is 12.9 Å². The second kappa shape index (κ2) is 20.9. The number of aromatic nitrogens is 4. The fourth-order valence-corrected chi connectivity index (χ4v) is 5.47. The SMILES string of the molecule is CCCCCCCCCCCCCCCC([O-])=Nc1ncnc2c1ncn2[C@@H]1O[C@H](CO)[C@@H](O)[C@H]1OP(=O)([O-])O.[Na+].[Na+]. The molecule has 0 aromatic carbocycles. The van der Waals surface area contributed by atoms with Crippen LogP contribution in [-0.2, 0) is 13.8 Å². The molecule has 1 unspecified atom stereocenters. The molecule has 13 nitrogen and oxygen atoms in total. The quantitative estimate of drug-likeness (QED) is 0.0465. The number of phosphoric ester groups is 1. The van der Waals surface area contributed by atoms with Crippen LogP contribution in [0.2, 0.25) is 0 Å². The minimum Gasteiger partial charge on any atom is -0.862 e. The number of aliphatic imine (C=N–C) groups is 1. The molecule has 3 N–H and O–H groups in total. The van der Waals surface area contributed by atoms with E-state index in [1.165, 1.54) is 81.4 Å². The Kier molecular flexibility index (Phi) is 19.9. The molecule has 1 saturated heterocycles. The van der Waals surface area contributed by atoms with Gasteiger partial charge in [0.15, 0.2) is 23.2 Å². The third-order valence-electron chi connectivity index (χ3n) is 7.09. The van der Waals surface area contributed by atoms with E-state index in [2.05, 4.69) is 31.4 Å². The van der Waals surface area contributed by atoms with Gasteiger partial charge < -0.3 is 34.4 Å². The van der Waals surface area contributed by atoms with Crippen molar-refractivity contribution in [2.24, 2.45) is 4.99 Å². The summed E-state index contributed by atoms with van der Waals surface area (Å²) in [5.41, 5.74) is 0.311. The summed E-state index contributed by atoms with van der Waals surface area (Å²) in [6.45, 7) is 1.61. The standard InChI is InChI=1S/C26H44N5O8P.2Na/c1-2-3-4-5-6-7-8-9-10-11-12-13-14-15-20(33)30-24-21-25(28-17-27-24)31(18-29-21)26-23(39-40(35,36)37)22(34)19(16-32)38-26;;/h17-19,22-23,26,32,34H,2-16H2,1H3,(H2,35,36,37)(H,27,28,30,33);;/q;2*+1/p-2/t19-,22-,23-,26-;;/m1../s1. The van der Waals surface area contributed by atoms with Crippen LogP contribution in [0.5, 0.6) is 0 Å². The van der Waals surface area contributed by atoms with E-state index in [0.29, 0.717) is 0 Å². The van der Waals surface area contributed by atoms with Crippen LogP contribution in [0.1, 0.15) is 103 Å². The Bertz CT molecular complexity index is 1120. The van der Waals surface area contributed by atoms with E-state index in [9.17, 15) is 24.8 Å². The monoisotopic (exact) mass is 629 g/mol. The van der Waals surface area contributed by atoms with Gasteiger partial charge in [0.2, 0.25) is 0 Å². The van der Waals surface area contributed by atoms with Gasteiger partial charge in [0, 0.05) is 0 Å². The summed E-state index contributed by atoms with van der Waals surface area (Å²) >= 11 is 0. The molecular weight excluding hydrogens is 587 g/mol. The van der Waals surface area contributed by atoms with Crippen LogP contribution < -0.4 is 69.1 Å². The van der Waals surface area contributed by atoms with Gasteiger partial charge in [-0.1, -0.05) is 84.0 Å². The van der Waals surface area contributed by atoms with Gasteiger partial charge in [0.1, 0.15) is 24.6 Å². The number of aliphatic hydroxyl groups excluding tert-OH is 2. The fraction of sp³-hybridized carbons (Fsp3) is 0.769. The molecule has 0 amide bonds. The van der Waals surface area contributed by atoms with Crippen LogP contribution in [0.25, 0.3) is 11.2 Å². The summed E-state index contributed by atoms with van der Waals surface area (Å²) in [7, 11) is -5.25. The van der Waals surface area contributed by atoms with E-state index in [1.54, 1.807) is 0 Å². The molecule has 5 atom stereocenters. The molecule has 2 aromatic rings. The number of phosphoric acid groups is 1. The number of nitrogens with zero attached hydrogens (tertiary/aromatic N) is 5. The predicted molar refractivity (Wildman–Crippen MR) is 144 cm³/mol. The summed E-state index contributed by atoms with van der Waals surface area (Å²) < 4.78 is 22.8. The van der Waals surface area contributed by atoms with Crippen molar-refractivity contribution in [3.63, 3.8) is 0 Å². The molecule has 1 fully saturated rings. The number of imidazole rings is 1. The summed E-state index contributed by atoms with van der Waals surface area (Å²) in [5, 5.41) is 32.3. The van der Waals surface area contributed by atoms with Crippen molar-refractivity contribution < 1.29 is 98.0 Å². The molecule has 0 aliphatic carbocycles. The molecule has 3 rings (SSSR count). The van der Waals surface area contributed by atoms with Gasteiger partial charge in [-0.2, -0.15) is 0 Å². The third kappa shape index (κ3) is 12.8. The maximum Gasteiger partial charge on any atom is 1.00 e. The van der Waals surface area contributed by atoms with E-state index in [1.807, 2.05) is 0 Å². The summed E-state index contributed by atoms with van der Waals surface area (Å²) in [6, 6.07) is 0. The molecule has 0 radical (unpaired) electrons. The molecule has 1 aliphatic rings. The van der Waals surface area contributed by atoms with E-state index in [0.717, 1.165) is 19.3 Å². The van der Waals surface area contributed by atoms with Crippen LogP contribution in [0.3, 0.4) is 0 Å². The molecule has 2 aromatic heterocycles. The van der Waals surface area contributed by atoms with Gasteiger partial charge in [-0.3, -0.25) is 9.13 Å². The molecule has 0 spiro atoms. The topological polar surface area (TPSA) is 198 Å². The van der Waals surface area contributed by atoms with Crippen molar-refractivity contribution in [2.75, 3.05) is 6.61 Å². The number of fused-ring (bicyclic) bond motifs is 1. The first-order valence-corrected chi connectivity index (χ1v) is 15.8. The predicted octanol–water partition coefficient (Wildman–Crippen LogP) is -3.20. The smallest absolute Gasteiger partial charge is 0.862 e. The van der Waals surface area contributed by atoms with Crippen LogP contribution in [0, 0.1) is 0 Å². The van der Waals surface area contributed by atoms with E-state index >= 15 is 0 Å². The molecule has 42 heavy (non-hydrogen) atoms. The zero-order valence-electron chi connectivity index (χ0n) is 25.1. The van der Waals surface area contributed by atoms with Crippen molar-refractivity contribution in [1.29, 1.82) is 0 Å². The van der Waals surface area contributed by atoms with Crippen molar-refractivity contribution in [2.45, 2.75) is 121 Å². The average Bonchev–Trinajstić information content (AvgIpc) is 3.47. The maximum atomic E-state index is 12.5. The van der Waals surface area contributed by atoms with Gasteiger partial charge >= 0.3 is 59.1 Å². The number of hydrogen-bond donors (Lipinski definition) is 3. The number of ether oxygens (including phenoxy) is 1. The first-order chi connectivity index (χ1) is 19.2. The molecule has 3 heterocycles. The zero-order chi connectivity index (χ0) is 29.0. The molecule has 0 saturated carbocycles. The van der Waals surface area contributed by atoms with Crippen LogP contribution in [-0.4, -0.2) is 65.4 Å². The first-order valence-electron chi connectivity index (χ1n) is 14.3. The summed E-state index contributed by atoms with van der Waals surface area (Å²) in [5.74, 6) is -0.283. The Morgan fingerprint density at radius 2 is 1.60 bits per heavy atom. The normalized spacial score (nSPS) is 22.1. The maximum absolute atomic E-state index is 12.5. The zero-order valence-corrected chi connectivity index (χ0v) is 30.0. The van der Waals surface area contributed by atoms with Crippen molar-refractivity contribution >= 4 is 30.7 Å². The van der Waals surface area contributed by atoms with Crippen LogP contribution >= 0.6 is 7.82 Å². The Morgan fingerprint density at radius 3 is 2.14 bits per heavy atom. The molecular formula is C26H42N5Na2O8P. The van der Waals surface area contributed by atoms with Crippen LogP contribution in [0.15, 0.2) is 17.6 Å². The van der Waals surface area contributed by atoms with Gasteiger partial charge in [-0.05, 0) is 18.7 Å². The minimum atomic E-state index is -5.25. The minimum absolute atomic E-state index is 0. The Balaban J connectivity index is 0.00000441. The second-order valence-electron chi connectivity index (χ2n) is 10.3. The molecule has 16 heteroatoms. The largest absolute Gasteiger partial charge is 1.00 e. The summed E-state index contributed by atoms with van der Waals surface area (Å²) in [4.78, 5) is 37.0. The van der Waals surface area contributed by atoms with Crippen molar-refractivity contribution in [3.05, 3.63) is 12.7 Å². The fourth-order valence-electron chi connectivity index (χ4n) is 4.94. The van der Waals surface area contributed by atoms with E-state index < -0.39 is 39.0 Å².